The third kappa shape index (κ3) is 4.12. The van der Waals surface area contributed by atoms with Crippen LogP contribution in [0, 0.1) is 0 Å². The van der Waals surface area contributed by atoms with Gasteiger partial charge in [0, 0.05) is 24.5 Å². The Hall–Kier alpha value is -3.81. The lowest BCUT2D eigenvalue weighted by Gasteiger charge is -2.10. The molecule has 0 aliphatic carbocycles. The number of hydrogen-bond donors (Lipinski definition) is 2. The fourth-order valence-corrected chi connectivity index (χ4v) is 2.62. The first-order chi connectivity index (χ1) is 13.5. The Labute approximate surface area is 162 Å². The van der Waals surface area contributed by atoms with Gasteiger partial charge in [-0.25, -0.2) is 0 Å². The normalized spacial score (nSPS) is 10.2. The smallest absolute Gasteiger partial charge is 0.262 e. The van der Waals surface area contributed by atoms with Crippen molar-refractivity contribution in [2.75, 3.05) is 24.9 Å². The highest BCUT2D eigenvalue weighted by Crippen LogP contribution is 2.24. The van der Waals surface area contributed by atoms with E-state index in [2.05, 4.69) is 15.7 Å². The molecular weight excluding hydrogens is 360 g/mol. The van der Waals surface area contributed by atoms with E-state index in [0.29, 0.717) is 28.3 Å². The van der Waals surface area contributed by atoms with Crippen molar-refractivity contribution < 1.29 is 19.1 Å². The van der Waals surface area contributed by atoms with E-state index in [0.717, 1.165) is 0 Å². The molecule has 0 aliphatic heterocycles. The van der Waals surface area contributed by atoms with Crippen LogP contribution in [0.4, 0.5) is 11.4 Å². The van der Waals surface area contributed by atoms with Crippen molar-refractivity contribution in [1.29, 1.82) is 0 Å². The van der Waals surface area contributed by atoms with E-state index in [-0.39, 0.29) is 17.7 Å². The lowest BCUT2D eigenvalue weighted by atomic mass is 10.1. The third-order valence-electron chi connectivity index (χ3n) is 3.99. The minimum Gasteiger partial charge on any atom is -0.495 e. The number of nitrogens with one attached hydrogen (secondary N) is 2. The first-order valence-electron chi connectivity index (χ1n) is 8.45. The van der Waals surface area contributed by atoms with E-state index in [1.165, 1.54) is 11.8 Å². The second kappa shape index (κ2) is 8.26. The van der Waals surface area contributed by atoms with Gasteiger partial charge in [-0.15, -0.1) is 5.10 Å². The van der Waals surface area contributed by atoms with Gasteiger partial charge in [0.1, 0.15) is 11.3 Å². The van der Waals surface area contributed by atoms with Crippen LogP contribution < -0.4 is 20.1 Å². The van der Waals surface area contributed by atoms with Crippen molar-refractivity contribution in [3.05, 3.63) is 65.9 Å². The number of carbonyl (C=O) groups excluding carboxylic acids is 2. The van der Waals surface area contributed by atoms with Crippen molar-refractivity contribution in [2.24, 2.45) is 7.05 Å². The molecule has 8 nitrogen and oxygen atoms in total. The maximum absolute atomic E-state index is 12.4. The first kappa shape index (κ1) is 19.0. The predicted molar refractivity (Wildman–Crippen MR) is 105 cm³/mol. The van der Waals surface area contributed by atoms with Gasteiger partial charge in [-0.1, -0.05) is 12.1 Å². The molecule has 28 heavy (non-hydrogen) atoms. The van der Waals surface area contributed by atoms with E-state index in [1.54, 1.807) is 56.8 Å². The number of anilines is 2. The molecule has 8 heteroatoms. The maximum atomic E-state index is 12.4. The molecule has 2 amide bonds. The average Bonchev–Trinajstić information content (AvgIpc) is 3.10. The Bertz CT molecular complexity index is 996. The van der Waals surface area contributed by atoms with Gasteiger partial charge in [0.05, 0.1) is 19.9 Å². The summed E-state index contributed by atoms with van der Waals surface area (Å²) in [7, 11) is 4.70. The summed E-state index contributed by atoms with van der Waals surface area (Å²) < 4.78 is 11.8. The van der Waals surface area contributed by atoms with Gasteiger partial charge < -0.3 is 20.1 Å². The largest absolute Gasteiger partial charge is 0.495 e. The molecular formula is C20H20N4O4. The minimum absolute atomic E-state index is 0.243. The van der Waals surface area contributed by atoms with Gasteiger partial charge >= 0.3 is 0 Å². The second-order valence-electron chi connectivity index (χ2n) is 5.91. The minimum atomic E-state index is -0.351. The van der Waals surface area contributed by atoms with Crippen LogP contribution in [0.5, 0.6) is 11.6 Å². The third-order valence-corrected chi connectivity index (χ3v) is 3.99. The van der Waals surface area contributed by atoms with Crippen molar-refractivity contribution in [1.82, 2.24) is 9.78 Å². The van der Waals surface area contributed by atoms with Crippen LogP contribution in [0.15, 0.2) is 54.7 Å². The number of benzene rings is 2. The summed E-state index contributed by atoms with van der Waals surface area (Å²) in [4.78, 5) is 24.8. The van der Waals surface area contributed by atoms with E-state index in [4.69, 9.17) is 9.47 Å². The molecule has 0 bridgehead atoms. The molecule has 1 aromatic heterocycles. The highest BCUT2D eigenvalue weighted by molar-refractivity contribution is 6.07. The number of hydrogen-bond acceptors (Lipinski definition) is 5. The van der Waals surface area contributed by atoms with Gasteiger partial charge in [0.2, 0.25) is 5.88 Å². The summed E-state index contributed by atoms with van der Waals surface area (Å²) >= 11 is 0. The quantitative estimate of drug-likeness (QED) is 0.686. The maximum Gasteiger partial charge on any atom is 0.262 e. The molecule has 3 rings (SSSR count). The summed E-state index contributed by atoms with van der Waals surface area (Å²) in [6, 6.07) is 13.7. The zero-order valence-corrected chi connectivity index (χ0v) is 15.7. The van der Waals surface area contributed by atoms with E-state index in [9.17, 15) is 9.59 Å². The number of para-hydroxylation sites is 2. The summed E-state index contributed by atoms with van der Waals surface area (Å²) in [6.45, 7) is 0. The van der Waals surface area contributed by atoms with Crippen LogP contribution in [0.25, 0.3) is 0 Å². The molecule has 0 radical (unpaired) electrons. The SMILES string of the molecule is COc1ccccc1NC(=O)c1ccc(NC(=O)c2cn(C)nc2OC)cc1. The highest BCUT2D eigenvalue weighted by Gasteiger charge is 2.17. The zero-order chi connectivity index (χ0) is 20.1. The Morgan fingerprint density at radius 2 is 1.64 bits per heavy atom. The standard InChI is InChI=1S/C20H20N4O4/c1-24-12-15(20(23-24)28-3)19(26)21-14-10-8-13(9-11-14)18(25)22-16-6-4-5-7-17(16)27-2/h4-12H,1-3H3,(H,21,26)(H,22,25). The Balaban J connectivity index is 1.69. The van der Waals surface area contributed by atoms with Crippen LogP contribution in [0.3, 0.4) is 0 Å². The molecule has 0 saturated heterocycles. The fourth-order valence-electron chi connectivity index (χ4n) is 2.62. The number of aromatic nitrogens is 2. The van der Waals surface area contributed by atoms with Gasteiger partial charge in [-0.05, 0) is 36.4 Å². The van der Waals surface area contributed by atoms with E-state index >= 15 is 0 Å². The molecule has 0 atom stereocenters. The number of carbonyl (C=O) groups is 2. The lowest BCUT2D eigenvalue weighted by Crippen LogP contribution is -2.14. The molecule has 2 N–H and O–H groups in total. The number of methoxy groups -OCH3 is 2. The molecule has 0 saturated carbocycles. The topological polar surface area (TPSA) is 94.5 Å². The number of ether oxygens (including phenoxy) is 2. The monoisotopic (exact) mass is 380 g/mol. The molecule has 144 valence electrons. The lowest BCUT2D eigenvalue weighted by molar-refractivity contribution is 0.101. The van der Waals surface area contributed by atoms with Crippen LogP contribution in [0.2, 0.25) is 0 Å². The van der Waals surface area contributed by atoms with Gasteiger partial charge in [-0.3, -0.25) is 14.3 Å². The Kier molecular flexibility index (Phi) is 5.59. The van der Waals surface area contributed by atoms with Crippen molar-refractivity contribution in [2.45, 2.75) is 0 Å². The molecule has 2 aromatic carbocycles. The number of aryl methyl sites for hydroxylation is 1. The number of nitrogens with zero attached hydrogens (tertiary/aromatic N) is 2. The summed E-state index contributed by atoms with van der Waals surface area (Å²) in [5.41, 5.74) is 1.90. The van der Waals surface area contributed by atoms with Crippen LogP contribution in [0.1, 0.15) is 20.7 Å². The zero-order valence-electron chi connectivity index (χ0n) is 15.7. The summed E-state index contributed by atoms with van der Waals surface area (Å²) in [5, 5.41) is 9.61. The number of rotatable bonds is 6. The van der Waals surface area contributed by atoms with Crippen LogP contribution >= 0.6 is 0 Å². The summed E-state index contributed by atoms with van der Waals surface area (Å²) in [6.07, 6.45) is 1.57. The van der Waals surface area contributed by atoms with Crippen molar-refractivity contribution >= 4 is 23.2 Å². The van der Waals surface area contributed by atoms with E-state index < -0.39 is 0 Å². The average molecular weight is 380 g/mol. The molecule has 0 fully saturated rings. The van der Waals surface area contributed by atoms with Gasteiger partial charge in [-0.2, -0.15) is 0 Å². The summed E-state index contributed by atoms with van der Waals surface area (Å²) in [5.74, 6) is 0.186. The molecule has 1 heterocycles. The first-order valence-corrected chi connectivity index (χ1v) is 8.45. The predicted octanol–water partition coefficient (Wildman–Crippen LogP) is 2.94. The van der Waals surface area contributed by atoms with Crippen LogP contribution in [-0.4, -0.2) is 35.8 Å². The van der Waals surface area contributed by atoms with Crippen molar-refractivity contribution in [3.8, 4) is 11.6 Å². The van der Waals surface area contributed by atoms with E-state index in [1.807, 2.05) is 12.1 Å². The highest BCUT2D eigenvalue weighted by atomic mass is 16.5. The molecule has 0 aliphatic rings. The second-order valence-corrected chi connectivity index (χ2v) is 5.91. The Morgan fingerprint density at radius 1 is 0.929 bits per heavy atom. The molecule has 0 unspecified atom stereocenters. The molecule has 3 aromatic rings. The van der Waals surface area contributed by atoms with Gasteiger partial charge in [0.15, 0.2) is 0 Å². The molecule has 0 spiro atoms. The van der Waals surface area contributed by atoms with Gasteiger partial charge in [0.25, 0.3) is 11.8 Å². The van der Waals surface area contributed by atoms with Crippen molar-refractivity contribution in [3.63, 3.8) is 0 Å². The fraction of sp³-hybridized carbons (Fsp3) is 0.150. The van der Waals surface area contributed by atoms with Crippen LogP contribution in [-0.2, 0) is 7.05 Å². The number of amides is 2. The Morgan fingerprint density at radius 3 is 2.32 bits per heavy atom.